The first kappa shape index (κ1) is 49.4. The Labute approximate surface area is 425 Å². The second-order valence-electron chi connectivity index (χ2n) is 25.2. The number of hydrogen-bond donors (Lipinski definition) is 0. The number of para-hydroxylation sites is 1. The highest BCUT2D eigenvalue weighted by Crippen LogP contribution is 2.50. The lowest BCUT2D eigenvalue weighted by Gasteiger charge is -2.35. The predicted molar refractivity (Wildman–Crippen MR) is 302 cm³/mol. The fourth-order valence-electron chi connectivity index (χ4n) is 10.6. The van der Waals surface area contributed by atoms with E-state index < -0.39 is 0 Å². The summed E-state index contributed by atoms with van der Waals surface area (Å²) in [5.74, 6) is 2.44. The van der Waals surface area contributed by atoms with Crippen LogP contribution >= 0.6 is 0 Å². The second-order valence-corrected chi connectivity index (χ2v) is 25.2. The topological polar surface area (TPSA) is 33.5 Å². The standard InChI is InChI=1S/C66H76N4O/c1-61(2,3)47-35-48(62(4,5)6)37-50(36-47)68-43-69(60(64(10,11)12)59(68)63(7,8)9)51-38-49(66(15,16)45-27-21-18-22-28-45)39-53(41-51)71-52-31-32-55-54-29-23-24-30-56(54)70(57(55)42-52)58-40-46(33-34-67-58)65(13,14)44-25-19-17-20-26-44/h17-42H,43H2,1-16H3. The van der Waals surface area contributed by atoms with Gasteiger partial charge in [0.15, 0.2) is 0 Å². The number of benzene rings is 6. The van der Waals surface area contributed by atoms with Crippen LogP contribution in [0.5, 0.6) is 11.5 Å². The number of aromatic nitrogens is 2. The van der Waals surface area contributed by atoms with Crippen LogP contribution in [-0.4, -0.2) is 16.2 Å². The minimum atomic E-state index is -0.337. The molecule has 0 fully saturated rings. The lowest BCUT2D eigenvalue weighted by atomic mass is 9.77. The third kappa shape index (κ3) is 9.41. The normalized spacial score (nSPS) is 14.3. The van der Waals surface area contributed by atoms with E-state index in [0.717, 1.165) is 39.4 Å². The van der Waals surface area contributed by atoms with Gasteiger partial charge < -0.3 is 14.5 Å². The van der Waals surface area contributed by atoms with Crippen molar-refractivity contribution in [2.75, 3.05) is 16.5 Å². The van der Waals surface area contributed by atoms with Gasteiger partial charge in [0.1, 0.15) is 17.3 Å². The average Bonchev–Trinajstić information content (AvgIpc) is 3.90. The number of rotatable bonds is 9. The fraction of sp³-hybridized carbons (Fsp3) is 0.348. The third-order valence-electron chi connectivity index (χ3n) is 14.9. The van der Waals surface area contributed by atoms with Gasteiger partial charge in [-0.2, -0.15) is 0 Å². The molecule has 0 bridgehead atoms. The molecule has 1 aliphatic rings. The van der Waals surface area contributed by atoms with Gasteiger partial charge in [0, 0.05) is 73.5 Å². The van der Waals surface area contributed by atoms with Crippen molar-refractivity contribution in [1.82, 2.24) is 9.55 Å². The van der Waals surface area contributed by atoms with Gasteiger partial charge in [-0.3, -0.25) is 4.57 Å². The zero-order chi connectivity index (χ0) is 51.1. The molecule has 0 aliphatic carbocycles. The zero-order valence-electron chi connectivity index (χ0n) is 45.4. The van der Waals surface area contributed by atoms with Gasteiger partial charge >= 0.3 is 0 Å². The Morgan fingerprint density at radius 2 is 0.873 bits per heavy atom. The van der Waals surface area contributed by atoms with Crippen molar-refractivity contribution in [1.29, 1.82) is 0 Å². The predicted octanol–water partition coefficient (Wildman–Crippen LogP) is 17.8. The van der Waals surface area contributed by atoms with Crippen molar-refractivity contribution in [3.05, 3.63) is 203 Å². The van der Waals surface area contributed by atoms with E-state index in [1.807, 2.05) is 6.20 Å². The maximum atomic E-state index is 7.22. The van der Waals surface area contributed by atoms with E-state index in [9.17, 15) is 0 Å². The molecule has 0 saturated carbocycles. The Morgan fingerprint density at radius 1 is 0.380 bits per heavy atom. The third-order valence-corrected chi connectivity index (χ3v) is 14.9. The molecule has 0 radical (unpaired) electrons. The SMILES string of the molecule is CC(C)(C)C1=C(C(C)(C)C)N(c2cc(Oc3ccc4c5ccccc5n(-c5cc(C(C)(C)c6ccccc6)ccn5)c4c3)cc(C(C)(C)c3ccccc3)c2)CN1c1cc(C(C)(C)C)cc(C(C)(C)C)c1. The van der Waals surface area contributed by atoms with Crippen LogP contribution < -0.4 is 14.5 Å². The van der Waals surface area contributed by atoms with Gasteiger partial charge in [0.05, 0.1) is 17.7 Å². The molecule has 9 rings (SSSR count). The summed E-state index contributed by atoms with van der Waals surface area (Å²) < 4.78 is 9.52. The minimum Gasteiger partial charge on any atom is -0.457 e. The molecule has 0 atom stereocenters. The van der Waals surface area contributed by atoms with Crippen LogP contribution in [0.1, 0.15) is 144 Å². The number of nitrogens with zero attached hydrogens (tertiary/aromatic N) is 4. The van der Waals surface area contributed by atoms with E-state index in [-0.39, 0.29) is 32.5 Å². The van der Waals surface area contributed by atoms with Gasteiger partial charge in [-0.25, -0.2) is 4.98 Å². The highest BCUT2D eigenvalue weighted by molar-refractivity contribution is 6.09. The minimum absolute atomic E-state index is 0.0192. The van der Waals surface area contributed by atoms with Crippen LogP contribution in [0.4, 0.5) is 11.4 Å². The molecule has 0 saturated heterocycles. The van der Waals surface area contributed by atoms with E-state index in [2.05, 4.69) is 277 Å². The quantitative estimate of drug-likeness (QED) is 0.144. The Balaban J connectivity index is 1.21. The number of fused-ring (bicyclic) bond motifs is 3. The summed E-state index contributed by atoms with van der Waals surface area (Å²) in [4.78, 5) is 10.2. The number of anilines is 2. The van der Waals surface area contributed by atoms with Gasteiger partial charge in [-0.1, -0.05) is 196 Å². The number of pyridine rings is 1. The molecule has 2 aromatic heterocycles. The molecule has 5 heteroatoms. The molecular weight excluding hydrogens is 865 g/mol. The van der Waals surface area contributed by atoms with Crippen molar-refractivity contribution in [3.8, 4) is 17.3 Å². The molecule has 0 amide bonds. The maximum Gasteiger partial charge on any atom is 0.137 e. The number of ether oxygens (including phenoxy) is 1. The van der Waals surface area contributed by atoms with Crippen molar-refractivity contribution < 1.29 is 4.74 Å². The number of allylic oxidation sites excluding steroid dienone is 2. The lowest BCUT2D eigenvalue weighted by molar-refractivity contribution is 0.444. The van der Waals surface area contributed by atoms with Crippen LogP contribution in [0.15, 0.2) is 169 Å². The van der Waals surface area contributed by atoms with Crippen molar-refractivity contribution in [2.45, 2.75) is 132 Å². The highest BCUT2D eigenvalue weighted by Gasteiger charge is 2.43. The smallest absolute Gasteiger partial charge is 0.137 e. The Hall–Kier alpha value is -6.59. The summed E-state index contributed by atoms with van der Waals surface area (Å²) in [6.07, 6.45) is 1.95. The summed E-state index contributed by atoms with van der Waals surface area (Å²) >= 11 is 0. The monoisotopic (exact) mass is 941 g/mol. The zero-order valence-corrected chi connectivity index (χ0v) is 45.4. The van der Waals surface area contributed by atoms with E-state index in [4.69, 9.17) is 9.72 Å². The molecule has 71 heavy (non-hydrogen) atoms. The fourth-order valence-corrected chi connectivity index (χ4v) is 10.6. The van der Waals surface area contributed by atoms with Crippen LogP contribution in [0, 0.1) is 10.8 Å². The molecule has 6 aromatic carbocycles. The van der Waals surface area contributed by atoms with Crippen molar-refractivity contribution >= 4 is 33.2 Å². The number of hydrogen-bond acceptors (Lipinski definition) is 4. The summed E-state index contributed by atoms with van der Waals surface area (Å²) in [6, 6.07) is 55.5. The molecule has 3 heterocycles. The van der Waals surface area contributed by atoms with E-state index in [1.165, 1.54) is 55.8 Å². The van der Waals surface area contributed by atoms with Crippen LogP contribution in [-0.2, 0) is 21.7 Å². The van der Waals surface area contributed by atoms with E-state index in [1.54, 1.807) is 0 Å². The molecule has 1 aliphatic heterocycles. The van der Waals surface area contributed by atoms with Gasteiger partial charge in [0.2, 0.25) is 0 Å². The summed E-state index contributed by atoms with van der Waals surface area (Å²) in [5.41, 5.74) is 13.8. The molecule has 0 unspecified atom stereocenters. The average molecular weight is 941 g/mol. The Kier molecular flexibility index (Phi) is 12.3. The van der Waals surface area contributed by atoms with E-state index >= 15 is 0 Å². The molecule has 0 N–H and O–H groups in total. The first-order chi connectivity index (χ1) is 33.2. The second kappa shape index (κ2) is 17.6. The summed E-state index contributed by atoms with van der Waals surface area (Å²) in [6.45, 7) is 38.1. The Bertz CT molecular complexity index is 3260. The van der Waals surface area contributed by atoms with Gasteiger partial charge in [-0.05, 0) is 98.8 Å². The molecule has 5 nitrogen and oxygen atoms in total. The molecular formula is C66H76N4O. The van der Waals surface area contributed by atoms with Gasteiger partial charge in [0.25, 0.3) is 0 Å². The first-order valence-electron chi connectivity index (χ1n) is 25.6. The molecule has 366 valence electrons. The van der Waals surface area contributed by atoms with Crippen molar-refractivity contribution in [2.24, 2.45) is 10.8 Å². The Morgan fingerprint density at radius 3 is 1.42 bits per heavy atom. The summed E-state index contributed by atoms with van der Waals surface area (Å²) in [7, 11) is 0. The van der Waals surface area contributed by atoms with Crippen molar-refractivity contribution in [3.63, 3.8) is 0 Å². The highest BCUT2D eigenvalue weighted by atomic mass is 16.5. The largest absolute Gasteiger partial charge is 0.457 e. The maximum absolute atomic E-state index is 7.22. The summed E-state index contributed by atoms with van der Waals surface area (Å²) in [5, 5.41) is 2.33. The van der Waals surface area contributed by atoms with Crippen LogP contribution in [0.25, 0.3) is 27.6 Å². The molecule has 8 aromatic rings. The molecule has 0 spiro atoms. The lowest BCUT2D eigenvalue weighted by Crippen LogP contribution is -2.32. The van der Waals surface area contributed by atoms with Crippen LogP contribution in [0.3, 0.4) is 0 Å². The van der Waals surface area contributed by atoms with E-state index in [0.29, 0.717) is 6.67 Å². The first-order valence-corrected chi connectivity index (χ1v) is 25.6. The van der Waals surface area contributed by atoms with Crippen LogP contribution in [0.2, 0.25) is 0 Å². The van der Waals surface area contributed by atoms with Gasteiger partial charge in [-0.15, -0.1) is 0 Å².